The highest BCUT2D eigenvalue weighted by Crippen LogP contribution is 2.49. The molecule has 0 heterocycles. The van der Waals surface area contributed by atoms with Crippen molar-refractivity contribution in [1.82, 2.24) is 0 Å². The molecule has 1 atom stereocenters. The number of benzene rings is 3. The SMILES string of the molecule is CSc1ccc(C(c2ccc(SC)cc2)C(O)COS(O)(O)c2ccc(C)cc2)cc1. The Bertz CT molecular complexity index is 910. The summed E-state index contributed by atoms with van der Waals surface area (Å²) in [6.07, 6.45) is 3.08. The highest BCUT2D eigenvalue weighted by Gasteiger charge is 2.28. The van der Waals surface area contributed by atoms with Gasteiger partial charge in [-0.3, -0.25) is 4.18 Å². The minimum Gasteiger partial charge on any atom is -0.390 e. The van der Waals surface area contributed by atoms with E-state index in [4.69, 9.17) is 4.18 Å². The third-order valence-corrected chi connectivity index (χ3v) is 7.90. The van der Waals surface area contributed by atoms with Crippen molar-refractivity contribution in [2.75, 3.05) is 19.1 Å². The number of aryl methyl sites for hydroxylation is 1. The van der Waals surface area contributed by atoms with Crippen molar-refractivity contribution in [2.24, 2.45) is 0 Å². The van der Waals surface area contributed by atoms with E-state index in [0.29, 0.717) is 4.90 Å². The topological polar surface area (TPSA) is 69.9 Å². The molecular weight excluding hydrogens is 448 g/mol. The molecule has 0 spiro atoms. The van der Waals surface area contributed by atoms with Crippen molar-refractivity contribution in [3.8, 4) is 0 Å². The molecule has 0 amide bonds. The molecule has 3 rings (SSSR count). The second-order valence-corrected chi connectivity index (χ2v) is 10.6. The van der Waals surface area contributed by atoms with Crippen LogP contribution >= 0.6 is 34.4 Å². The second kappa shape index (κ2) is 10.9. The van der Waals surface area contributed by atoms with Gasteiger partial charge in [0.2, 0.25) is 0 Å². The fourth-order valence-corrected chi connectivity index (χ4v) is 5.08. The quantitative estimate of drug-likeness (QED) is 0.300. The molecule has 3 N–H and O–H groups in total. The first kappa shape index (κ1) is 24.2. The Kier molecular flexibility index (Phi) is 8.52. The third-order valence-electron chi connectivity index (χ3n) is 5.07. The van der Waals surface area contributed by atoms with Crippen LogP contribution in [0.1, 0.15) is 22.6 Å². The monoisotopic (exact) mass is 476 g/mol. The first-order valence-corrected chi connectivity index (χ1v) is 13.7. The van der Waals surface area contributed by atoms with Gasteiger partial charge in [-0.2, -0.15) is 0 Å². The maximum absolute atomic E-state index is 11.1. The molecule has 0 aliphatic rings. The van der Waals surface area contributed by atoms with Gasteiger partial charge in [0.25, 0.3) is 0 Å². The Balaban J connectivity index is 1.84. The Hall–Kier alpha value is -1.45. The summed E-state index contributed by atoms with van der Waals surface area (Å²) in [5.74, 6) is -0.361. The van der Waals surface area contributed by atoms with Gasteiger partial charge in [0.15, 0.2) is 0 Å². The molecule has 7 heteroatoms. The maximum atomic E-state index is 11.1. The Morgan fingerprint density at radius 1 is 0.774 bits per heavy atom. The molecule has 0 saturated carbocycles. The second-order valence-electron chi connectivity index (χ2n) is 7.19. The zero-order chi connectivity index (χ0) is 22.4. The van der Waals surface area contributed by atoms with Gasteiger partial charge >= 0.3 is 0 Å². The summed E-state index contributed by atoms with van der Waals surface area (Å²) in [7, 11) is -3.46. The molecule has 3 aromatic rings. The average molecular weight is 477 g/mol. The van der Waals surface area contributed by atoms with E-state index in [0.717, 1.165) is 26.5 Å². The first-order chi connectivity index (χ1) is 14.8. The number of rotatable bonds is 9. The predicted molar refractivity (Wildman–Crippen MR) is 133 cm³/mol. The first-order valence-electron chi connectivity index (χ1n) is 9.79. The lowest BCUT2D eigenvalue weighted by Gasteiger charge is -2.30. The molecule has 0 aliphatic carbocycles. The summed E-state index contributed by atoms with van der Waals surface area (Å²) in [4.78, 5) is 2.58. The van der Waals surface area contributed by atoms with Crippen molar-refractivity contribution in [3.63, 3.8) is 0 Å². The summed E-state index contributed by atoms with van der Waals surface area (Å²) < 4.78 is 26.4. The summed E-state index contributed by atoms with van der Waals surface area (Å²) in [5.41, 5.74) is 2.90. The van der Waals surface area contributed by atoms with Crippen molar-refractivity contribution < 1.29 is 18.4 Å². The van der Waals surface area contributed by atoms with Crippen LogP contribution in [0.5, 0.6) is 0 Å². The molecule has 4 nitrogen and oxygen atoms in total. The lowest BCUT2D eigenvalue weighted by atomic mass is 9.87. The number of thioether (sulfide) groups is 2. The molecule has 1 unspecified atom stereocenters. The van der Waals surface area contributed by atoms with Gasteiger partial charge in [0.1, 0.15) is 10.9 Å². The predicted octanol–water partition coefficient (Wildman–Crippen LogP) is 6.67. The Morgan fingerprint density at radius 3 is 1.65 bits per heavy atom. The van der Waals surface area contributed by atoms with E-state index in [2.05, 4.69) is 0 Å². The average Bonchev–Trinajstić information content (AvgIpc) is 2.79. The van der Waals surface area contributed by atoms with Crippen LogP contribution in [0.25, 0.3) is 0 Å². The van der Waals surface area contributed by atoms with E-state index in [9.17, 15) is 14.2 Å². The van der Waals surface area contributed by atoms with Crippen LogP contribution in [0, 0.1) is 6.92 Å². The van der Waals surface area contributed by atoms with Gasteiger partial charge in [0.05, 0.1) is 17.6 Å². The minimum absolute atomic E-state index is 0.213. The number of aliphatic hydroxyl groups is 1. The van der Waals surface area contributed by atoms with E-state index in [1.54, 1.807) is 47.8 Å². The summed E-state index contributed by atoms with van der Waals surface area (Å²) in [6, 6.07) is 23.0. The van der Waals surface area contributed by atoms with E-state index in [-0.39, 0.29) is 12.5 Å². The standard InChI is InChI=1S/C24H28O4S3/c1-17-4-14-22(15-5-17)31(26,27)28-16-23(25)24(18-6-10-20(29-2)11-7-18)19-8-12-21(30-3)13-9-19/h4-15,23-27H,16H2,1-3H3. The number of hydrogen-bond acceptors (Lipinski definition) is 6. The molecule has 0 aromatic heterocycles. The van der Waals surface area contributed by atoms with Crippen LogP contribution in [0.2, 0.25) is 0 Å². The van der Waals surface area contributed by atoms with Crippen LogP contribution in [0.3, 0.4) is 0 Å². The maximum Gasteiger partial charge on any atom is 0.115 e. The van der Waals surface area contributed by atoms with Crippen molar-refractivity contribution in [3.05, 3.63) is 89.5 Å². The van der Waals surface area contributed by atoms with Crippen LogP contribution in [-0.4, -0.2) is 39.4 Å². The van der Waals surface area contributed by atoms with Crippen LogP contribution < -0.4 is 0 Å². The normalized spacial score (nSPS) is 13.4. The fourth-order valence-electron chi connectivity index (χ4n) is 3.30. The van der Waals surface area contributed by atoms with Crippen LogP contribution in [0.4, 0.5) is 0 Å². The lowest BCUT2D eigenvalue weighted by Crippen LogP contribution is -2.26. The minimum atomic E-state index is -3.46. The van der Waals surface area contributed by atoms with E-state index in [1.165, 1.54) is 0 Å². The van der Waals surface area contributed by atoms with Crippen molar-refractivity contribution in [1.29, 1.82) is 0 Å². The number of aliphatic hydroxyl groups excluding tert-OH is 1. The summed E-state index contributed by atoms with van der Waals surface area (Å²) in [5, 5.41) is 11.1. The molecule has 3 aromatic carbocycles. The van der Waals surface area contributed by atoms with E-state index < -0.39 is 17.0 Å². The van der Waals surface area contributed by atoms with Gasteiger partial charge < -0.3 is 14.2 Å². The lowest BCUT2D eigenvalue weighted by molar-refractivity contribution is 0.0884. The third kappa shape index (κ3) is 6.29. The highest BCUT2D eigenvalue weighted by atomic mass is 32.3. The molecular formula is C24H28O4S3. The zero-order valence-corrected chi connectivity index (χ0v) is 20.2. The molecule has 0 saturated heterocycles. The smallest absolute Gasteiger partial charge is 0.115 e. The Morgan fingerprint density at radius 2 is 1.23 bits per heavy atom. The summed E-state index contributed by atoms with van der Waals surface area (Å²) >= 11 is 3.32. The molecule has 0 bridgehead atoms. The molecule has 0 aliphatic heterocycles. The summed E-state index contributed by atoms with van der Waals surface area (Å²) in [6.45, 7) is 1.71. The highest BCUT2D eigenvalue weighted by molar-refractivity contribution is 8.20. The Labute approximate surface area is 194 Å². The van der Waals surface area contributed by atoms with Crippen LogP contribution in [0.15, 0.2) is 87.5 Å². The fraction of sp³-hybridized carbons (Fsp3) is 0.250. The van der Waals surface area contributed by atoms with Gasteiger partial charge in [-0.05, 0) is 67.0 Å². The molecule has 31 heavy (non-hydrogen) atoms. The van der Waals surface area contributed by atoms with Crippen molar-refractivity contribution in [2.45, 2.75) is 33.6 Å². The van der Waals surface area contributed by atoms with Gasteiger partial charge in [-0.15, -0.1) is 23.5 Å². The molecule has 166 valence electrons. The van der Waals surface area contributed by atoms with E-state index >= 15 is 0 Å². The van der Waals surface area contributed by atoms with E-state index in [1.807, 2.05) is 68.0 Å². The number of hydrogen-bond donors (Lipinski definition) is 3. The molecule has 0 fully saturated rings. The van der Waals surface area contributed by atoms with Crippen molar-refractivity contribution >= 4 is 34.4 Å². The zero-order valence-electron chi connectivity index (χ0n) is 17.8. The molecule has 0 radical (unpaired) electrons. The largest absolute Gasteiger partial charge is 0.390 e. The van der Waals surface area contributed by atoms with Gasteiger partial charge in [-0.1, -0.05) is 42.0 Å². The van der Waals surface area contributed by atoms with Crippen LogP contribution in [-0.2, 0) is 4.18 Å². The van der Waals surface area contributed by atoms with Gasteiger partial charge in [0, 0.05) is 15.7 Å². The van der Waals surface area contributed by atoms with Gasteiger partial charge in [-0.25, -0.2) is 0 Å².